The van der Waals surface area contributed by atoms with Crippen LogP contribution in [0.1, 0.15) is 0 Å². The molecule has 25 heavy (non-hydrogen) atoms. The van der Waals surface area contributed by atoms with E-state index in [-0.39, 0.29) is 5.43 Å². The molecule has 0 atom stereocenters. The minimum Gasteiger partial charge on any atom is -0.493 e. The third-order valence-electron chi connectivity index (χ3n) is 4.13. The predicted octanol–water partition coefficient (Wildman–Crippen LogP) is 3.25. The van der Waals surface area contributed by atoms with Gasteiger partial charge in [0.2, 0.25) is 5.43 Å². The van der Waals surface area contributed by atoms with Crippen molar-refractivity contribution in [2.24, 2.45) is 0 Å². The van der Waals surface area contributed by atoms with Crippen molar-refractivity contribution in [3.8, 4) is 34.1 Å². The molecule has 1 aliphatic rings. The van der Waals surface area contributed by atoms with Crippen molar-refractivity contribution in [2.45, 2.75) is 0 Å². The molecule has 1 aliphatic heterocycles. The van der Waals surface area contributed by atoms with Gasteiger partial charge in [-0.05, 0) is 23.8 Å². The maximum absolute atomic E-state index is 12.9. The Kier molecular flexibility index (Phi) is 3.72. The minimum atomic E-state index is -0.154. The minimum absolute atomic E-state index is 0.154. The zero-order valence-electron chi connectivity index (χ0n) is 13.8. The third-order valence-corrected chi connectivity index (χ3v) is 4.13. The fourth-order valence-corrected chi connectivity index (χ4v) is 2.87. The monoisotopic (exact) mass is 340 g/mol. The fraction of sp³-hybridized carbons (Fsp3) is 0.211. The normalized spacial score (nSPS) is 12.9. The van der Waals surface area contributed by atoms with Gasteiger partial charge in [-0.15, -0.1) is 0 Å². The molecule has 0 aliphatic carbocycles. The molecule has 0 radical (unpaired) electrons. The second kappa shape index (κ2) is 6.05. The van der Waals surface area contributed by atoms with E-state index in [1.54, 1.807) is 24.3 Å². The highest BCUT2D eigenvalue weighted by Gasteiger charge is 2.17. The van der Waals surface area contributed by atoms with Gasteiger partial charge in [-0.1, -0.05) is 6.07 Å². The van der Waals surface area contributed by atoms with E-state index >= 15 is 0 Å². The summed E-state index contributed by atoms with van der Waals surface area (Å²) in [6.07, 6.45) is 1.45. The van der Waals surface area contributed by atoms with Crippen molar-refractivity contribution >= 4 is 11.0 Å². The molecule has 0 bridgehead atoms. The van der Waals surface area contributed by atoms with E-state index in [4.69, 9.17) is 23.4 Å². The summed E-state index contributed by atoms with van der Waals surface area (Å²) in [5.74, 6) is 2.27. The first-order valence-corrected chi connectivity index (χ1v) is 7.79. The first-order chi connectivity index (χ1) is 12.2. The molecule has 6 nitrogen and oxygen atoms in total. The van der Waals surface area contributed by atoms with Crippen molar-refractivity contribution in [3.05, 3.63) is 46.8 Å². The quantitative estimate of drug-likeness (QED) is 0.729. The van der Waals surface area contributed by atoms with Crippen molar-refractivity contribution in [1.82, 2.24) is 0 Å². The van der Waals surface area contributed by atoms with Crippen molar-refractivity contribution in [1.29, 1.82) is 0 Å². The van der Waals surface area contributed by atoms with Gasteiger partial charge in [-0.25, -0.2) is 0 Å². The molecule has 1 aromatic heterocycles. The summed E-state index contributed by atoms with van der Waals surface area (Å²) in [7, 11) is 3.06. The van der Waals surface area contributed by atoms with Crippen LogP contribution in [0.3, 0.4) is 0 Å². The van der Waals surface area contributed by atoms with E-state index in [0.29, 0.717) is 58.3 Å². The molecule has 3 aromatic rings. The van der Waals surface area contributed by atoms with Gasteiger partial charge in [0.25, 0.3) is 0 Å². The highest BCUT2D eigenvalue weighted by molar-refractivity contribution is 5.85. The second-order valence-corrected chi connectivity index (χ2v) is 5.54. The molecule has 6 heteroatoms. The van der Waals surface area contributed by atoms with Gasteiger partial charge in [0.05, 0.1) is 25.2 Å². The van der Waals surface area contributed by atoms with Crippen LogP contribution in [-0.2, 0) is 0 Å². The molecule has 0 fully saturated rings. The summed E-state index contributed by atoms with van der Waals surface area (Å²) >= 11 is 0. The summed E-state index contributed by atoms with van der Waals surface area (Å²) in [6.45, 7) is 1.01. The Morgan fingerprint density at radius 3 is 2.40 bits per heavy atom. The summed E-state index contributed by atoms with van der Waals surface area (Å²) < 4.78 is 27.3. The van der Waals surface area contributed by atoms with Gasteiger partial charge in [0.1, 0.15) is 25.1 Å². The number of methoxy groups -OCH3 is 2. The Hall–Kier alpha value is -3.15. The van der Waals surface area contributed by atoms with Crippen LogP contribution in [0, 0.1) is 0 Å². The summed E-state index contributed by atoms with van der Waals surface area (Å²) in [5.41, 5.74) is 1.43. The number of hydrogen-bond acceptors (Lipinski definition) is 6. The predicted molar refractivity (Wildman–Crippen MR) is 92.0 cm³/mol. The van der Waals surface area contributed by atoms with Gasteiger partial charge in [0, 0.05) is 6.07 Å². The number of fused-ring (bicyclic) bond motifs is 2. The van der Waals surface area contributed by atoms with Gasteiger partial charge < -0.3 is 23.4 Å². The van der Waals surface area contributed by atoms with E-state index in [2.05, 4.69) is 0 Å². The molecule has 0 N–H and O–H groups in total. The largest absolute Gasteiger partial charge is 0.493 e. The molecule has 0 saturated heterocycles. The van der Waals surface area contributed by atoms with Gasteiger partial charge >= 0.3 is 0 Å². The smallest absolute Gasteiger partial charge is 0.200 e. The van der Waals surface area contributed by atoms with Crippen LogP contribution in [0.25, 0.3) is 22.1 Å². The van der Waals surface area contributed by atoms with Crippen molar-refractivity contribution in [2.75, 3.05) is 27.4 Å². The lowest BCUT2D eigenvalue weighted by Gasteiger charge is -2.18. The first kappa shape index (κ1) is 15.4. The highest BCUT2D eigenvalue weighted by atomic mass is 16.6. The maximum atomic E-state index is 12.9. The fourth-order valence-electron chi connectivity index (χ4n) is 2.87. The van der Waals surface area contributed by atoms with E-state index in [9.17, 15) is 4.79 Å². The van der Waals surface area contributed by atoms with Crippen LogP contribution in [0.2, 0.25) is 0 Å². The Morgan fingerprint density at radius 2 is 1.64 bits per heavy atom. The van der Waals surface area contributed by atoms with Crippen LogP contribution in [0.15, 0.2) is 45.8 Å². The van der Waals surface area contributed by atoms with Crippen molar-refractivity contribution < 1.29 is 23.4 Å². The maximum Gasteiger partial charge on any atom is 0.200 e. The molecule has 0 amide bonds. The highest BCUT2D eigenvalue weighted by Crippen LogP contribution is 2.35. The topological polar surface area (TPSA) is 67.1 Å². The average molecular weight is 340 g/mol. The van der Waals surface area contributed by atoms with Gasteiger partial charge in [0.15, 0.2) is 23.0 Å². The Morgan fingerprint density at radius 1 is 0.920 bits per heavy atom. The zero-order valence-corrected chi connectivity index (χ0v) is 13.8. The molecule has 4 rings (SSSR count). The Balaban J connectivity index is 1.88. The zero-order chi connectivity index (χ0) is 17.4. The second-order valence-electron chi connectivity index (χ2n) is 5.54. The van der Waals surface area contributed by atoms with Gasteiger partial charge in [-0.3, -0.25) is 4.79 Å². The molecule has 0 spiro atoms. The van der Waals surface area contributed by atoms with Crippen LogP contribution >= 0.6 is 0 Å². The van der Waals surface area contributed by atoms with E-state index in [1.807, 2.05) is 6.07 Å². The van der Waals surface area contributed by atoms with E-state index < -0.39 is 0 Å². The van der Waals surface area contributed by atoms with Crippen LogP contribution in [0.4, 0.5) is 0 Å². The SMILES string of the molecule is COc1cc2occ(-c3ccc4c(c3)OCCO4)c(=O)c2cc1OC. The standard InChI is InChI=1S/C19H16O6/c1-21-16-8-12-15(9-17(16)22-2)25-10-13(19(12)20)11-3-4-14-18(7-11)24-6-5-23-14/h3-4,7-10H,5-6H2,1-2H3. The lowest BCUT2D eigenvalue weighted by molar-refractivity contribution is 0.171. The molecule has 128 valence electrons. The van der Waals surface area contributed by atoms with Crippen LogP contribution < -0.4 is 24.4 Å². The number of ether oxygens (including phenoxy) is 4. The molecule has 2 aromatic carbocycles. The van der Waals surface area contributed by atoms with E-state index in [0.717, 1.165) is 0 Å². The average Bonchev–Trinajstić information content (AvgIpc) is 2.67. The third kappa shape index (κ3) is 2.55. The Labute approximate surface area is 143 Å². The summed E-state index contributed by atoms with van der Waals surface area (Å²) in [4.78, 5) is 12.9. The molecule has 0 saturated carbocycles. The number of rotatable bonds is 3. The molecular formula is C19H16O6. The number of hydrogen-bond donors (Lipinski definition) is 0. The lowest BCUT2D eigenvalue weighted by atomic mass is 10.0. The molecule has 0 unspecified atom stereocenters. The van der Waals surface area contributed by atoms with Crippen LogP contribution in [-0.4, -0.2) is 27.4 Å². The molecular weight excluding hydrogens is 324 g/mol. The van der Waals surface area contributed by atoms with E-state index in [1.165, 1.54) is 20.5 Å². The van der Waals surface area contributed by atoms with Gasteiger partial charge in [-0.2, -0.15) is 0 Å². The van der Waals surface area contributed by atoms with Crippen molar-refractivity contribution in [3.63, 3.8) is 0 Å². The lowest BCUT2D eigenvalue weighted by Crippen LogP contribution is -2.15. The first-order valence-electron chi connectivity index (χ1n) is 7.79. The summed E-state index contributed by atoms with van der Waals surface area (Å²) in [5, 5.41) is 0.421. The summed E-state index contributed by atoms with van der Waals surface area (Å²) in [6, 6.07) is 8.66. The Bertz CT molecular complexity index is 1000. The van der Waals surface area contributed by atoms with Crippen LogP contribution in [0.5, 0.6) is 23.0 Å². The number of benzene rings is 2. The molecule has 2 heterocycles.